The lowest BCUT2D eigenvalue weighted by Gasteiger charge is -2.03. The van der Waals surface area contributed by atoms with Gasteiger partial charge >= 0.3 is 5.97 Å². The molecule has 0 aliphatic rings. The fourth-order valence-corrected chi connectivity index (χ4v) is 1.39. The van der Waals surface area contributed by atoms with Crippen LogP contribution in [0.4, 0.5) is 0 Å². The van der Waals surface area contributed by atoms with Crippen LogP contribution in [0.2, 0.25) is 0 Å². The summed E-state index contributed by atoms with van der Waals surface area (Å²) in [5, 5.41) is 8.49. The number of ether oxygens (including phenoxy) is 2. The predicted molar refractivity (Wildman–Crippen MR) is 68.4 cm³/mol. The molecule has 5 nitrogen and oxygen atoms in total. The lowest BCUT2D eigenvalue weighted by Crippen LogP contribution is -1.85. The van der Waals surface area contributed by atoms with E-state index in [9.17, 15) is 4.79 Å². The van der Waals surface area contributed by atoms with E-state index >= 15 is 0 Å². The van der Waals surface area contributed by atoms with Gasteiger partial charge in [0.15, 0.2) is 0 Å². The normalized spacial score (nSPS) is 10.6. The van der Waals surface area contributed by atoms with E-state index in [2.05, 4.69) is 0 Å². The average molecular weight is 260 g/mol. The molecule has 2 rings (SSSR count). The quantitative estimate of drug-likeness (QED) is 0.836. The van der Waals surface area contributed by atoms with Gasteiger partial charge in [-0.2, -0.15) is 0 Å². The zero-order chi connectivity index (χ0) is 13.7. The molecule has 2 aromatic rings. The van der Waals surface area contributed by atoms with Crippen LogP contribution in [0, 0.1) is 0 Å². The molecular weight excluding hydrogens is 248 g/mol. The van der Waals surface area contributed by atoms with Crippen LogP contribution in [0.5, 0.6) is 17.4 Å². The third-order valence-electron chi connectivity index (χ3n) is 2.27. The third-order valence-corrected chi connectivity index (χ3v) is 2.27. The van der Waals surface area contributed by atoms with Crippen molar-refractivity contribution in [1.29, 1.82) is 0 Å². The van der Waals surface area contributed by atoms with E-state index in [1.807, 2.05) is 0 Å². The Kier molecular flexibility index (Phi) is 3.87. The Morgan fingerprint density at radius 1 is 1.16 bits per heavy atom. The topological polar surface area (TPSA) is 68.9 Å². The molecule has 1 heterocycles. The van der Waals surface area contributed by atoms with Crippen LogP contribution in [-0.2, 0) is 4.79 Å². The van der Waals surface area contributed by atoms with Crippen LogP contribution in [0.25, 0.3) is 6.08 Å². The largest absolute Gasteiger partial charge is 0.497 e. The smallest absolute Gasteiger partial charge is 0.328 e. The highest BCUT2D eigenvalue weighted by molar-refractivity contribution is 5.84. The molecule has 0 amide bonds. The minimum absolute atomic E-state index is 0.287. The Bertz CT molecular complexity index is 580. The second kappa shape index (κ2) is 5.77. The summed E-state index contributed by atoms with van der Waals surface area (Å²) in [5.74, 6) is 0.996. The first-order chi connectivity index (χ1) is 9.17. The molecule has 19 heavy (non-hydrogen) atoms. The maximum absolute atomic E-state index is 10.4. The standard InChI is InChI=1S/C14H12O5/c1-17-10-2-4-11(5-3-10)18-14-9-7-12(19-14)6-8-13(15)16/h2-9H,1H3,(H,15,16). The van der Waals surface area contributed by atoms with Crippen LogP contribution in [-0.4, -0.2) is 18.2 Å². The second-order valence-corrected chi connectivity index (χ2v) is 3.61. The number of rotatable bonds is 5. The maximum Gasteiger partial charge on any atom is 0.328 e. The van der Waals surface area contributed by atoms with Gasteiger partial charge < -0.3 is 19.0 Å². The number of benzene rings is 1. The van der Waals surface area contributed by atoms with Crippen molar-refractivity contribution in [1.82, 2.24) is 0 Å². The summed E-state index contributed by atoms with van der Waals surface area (Å²) >= 11 is 0. The summed E-state index contributed by atoms with van der Waals surface area (Å²) < 4.78 is 15.8. The third kappa shape index (κ3) is 3.64. The first-order valence-corrected chi connectivity index (χ1v) is 5.50. The van der Waals surface area contributed by atoms with Crippen LogP contribution in [0.15, 0.2) is 46.9 Å². The highest BCUT2D eigenvalue weighted by Crippen LogP contribution is 2.25. The summed E-state index contributed by atoms with van der Waals surface area (Å²) in [6.07, 6.45) is 2.35. The lowest BCUT2D eigenvalue weighted by molar-refractivity contribution is -0.131. The van der Waals surface area contributed by atoms with E-state index in [0.717, 1.165) is 11.8 Å². The number of carboxylic acid groups (broad SMARTS) is 1. The van der Waals surface area contributed by atoms with Crippen molar-refractivity contribution >= 4 is 12.0 Å². The van der Waals surface area contributed by atoms with E-state index in [4.69, 9.17) is 19.0 Å². The zero-order valence-corrected chi connectivity index (χ0v) is 10.2. The molecule has 0 radical (unpaired) electrons. The number of hydrogen-bond donors (Lipinski definition) is 1. The highest BCUT2D eigenvalue weighted by Gasteiger charge is 2.03. The van der Waals surface area contributed by atoms with Crippen molar-refractivity contribution in [2.45, 2.75) is 0 Å². The van der Waals surface area contributed by atoms with Crippen molar-refractivity contribution in [3.63, 3.8) is 0 Å². The molecular formula is C14H12O5. The summed E-state index contributed by atoms with van der Waals surface area (Å²) in [4.78, 5) is 10.4. The summed E-state index contributed by atoms with van der Waals surface area (Å²) in [5.41, 5.74) is 0. The van der Waals surface area contributed by atoms with Gasteiger partial charge in [-0.3, -0.25) is 0 Å². The van der Waals surface area contributed by atoms with Crippen molar-refractivity contribution in [3.05, 3.63) is 48.2 Å². The van der Waals surface area contributed by atoms with Crippen LogP contribution in [0.3, 0.4) is 0 Å². The summed E-state index contributed by atoms with van der Waals surface area (Å²) in [6.45, 7) is 0. The van der Waals surface area contributed by atoms with Crippen molar-refractivity contribution in [2.75, 3.05) is 7.11 Å². The number of furan rings is 1. The molecule has 0 atom stereocenters. The van der Waals surface area contributed by atoms with Crippen molar-refractivity contribution in [2.24, 2.45) is 0 Å². The van der Waals surface area contributed by atoms with Gasteiger partial charge in [0, 0.05) is 12.1 Å². The Balaban J connectivity index is 2.04. The molecule has 0 saturated heterocycles. The molecule has 0 unspecified atom stereocenters. The van der Waals surface area contributed by atoms with Gasteiger partial charge in [0.2, 0.25) is 0 Å². The molecule has 0 saturated carbocycles. The minimum Gasteiger partial charge on any atom is -0.497 e. The minimum atomic E-state index is -1.03. The lowest BCUT2D eigenvalue weighted by atomic mass is 10.3. The maximum atomic E-state index is 10.4. The molecule has 5 heteroatoms. The van der Waals surface area contributed by atoms with E-state index in [1.165, 1.54) is 6.08 Å². The average Bonchev–Trinajstić information content (AvgIpc) is 2.85. The molecule has 0 bridgehead atoms. The summed E-state index contributed by atoms with van der Waals surface area (Å²) in [6, 6.07) is 10.3. The highest BCUT2D eigenvalue weighted by atomic mass is 16.6. The molecule has 98 valence electrons. The fraction of sp³-hybridized carbons (Fsp3) is 0.0714. The molecule has 0 spiro atoms. The fourth-order valence-electron chi connectivity index (χ4n) is 1.39. The molecule has 0 aliphatic carbocycles. The first-order valence-electron chi connectivity index (χ1n) is 5.50. The predicted octanol–water partition coefficient (Wildman–Crippen LogP) is 3.18. The van der Waals surface area contributed by atoms with E-state index in [0.29, 0.717) is 11.5 Å². The van der Waals surface area contributed by atoms with E-state index in [-0.39, 0.29) is 5.95 Å². The number of carbonyl (C=O) groups is 1. The number of methoxy groups -OCH3 is 1. The van der Waals surface area contributed by atoms with Gasteiger partial charge in [-0.15, -0.1) is 0 Å². The van der Waals surface area contributed by atoms with Crippen LogP contribution >= 0.6 is 0 Å². The van der Waals surface area contributed by atoms with Gasteiger partial charge in [-0.1, -0.05) is 0 Å². The van der Waals surface area contributed by atoms with Crippen LogP contribution < -0.4 is 9.47 Å². The van der Waals surface area contributed by atoms with Gasteiger partial charge in [0.25, 0.3) is 5.95 Å². The Morgan fingerprint density at radius 3 is 2.47 bits per heavy atom. The Hall–Kier alpha value is -2.69. The Labute approximate surface area is 109 Å². The Morgan fingerprint density at radius 2 is 1.84 bits per heavy atom. The number of aliphatic carboxylic acids is 1. The van der Waals surface area contributed by atoms with Gasteiger partial charge in [-0.05, 0) is 36.4 Å². The van der Waals surface area contributed by atoms with Gasteiger partial charge in [-0.25, -0.2) is 4.79 Å². The second-order valence-electron chi connectivity index (χ2n) is 3.61. The van der Waals surface area contributed by atoms with E-state index < -0.39 is 5.97 Å². The monoisotopic (exact) mass is 260 g/mol. The van der Waals surface area contributed by atoms with Crippen molar-refractivity contribution in [3.8, 4) is 17.4 Å². The molecule has 0 fully saturated rings. The van der Waals surface area contributed by atoms with E-state index in [1.54, 1.807) is 43.5 Å². The van der Waals surface area contributed by atoms with Gasteiger partial charge in [0.05, 0.1) is 7.11 Å². The van der Waals surface area contributed by atoms with Crippen molar-refractivity contribution < 1.29 is 23.8 Å². The zero-order valence-electron chi connectivity index (χ0n) is 10.2. The first kappa shape index (κ1) is 12.8. The molecule has 1 aromatic heterocycles. The van der Waals surface area contributed by atoms with Crippen LogP contribution in [0.1, 0.15) is 5.76 Å². The molecule has 1 N–H and O–H groups in total. The number of carboxylic acids is 1. The van der Waals surface area contributed by atoms with Gasteiger partial charge in [0.1, 0.15) is 17.3 Å². The summed E-state index contributed by atoms with van der Waals surface area (Å²) in [7, 11) is 1.59. The molecule has 0 aliphatic heterocycles. The number of hydrogen-bond acceptors (Lipinski definition) is 4. The SMILES string of the molecule is COc1ccc(Oc2ccc(C=CC(=O)O)o2)cc1. The molecule has 1 aromatic carbocycles.